The number of benzene rings is 1. The first kappa shape index (κ1) is 18.8. The van der Waals surface area contributed by atoms with Crippen LogP contribution in [0.25, 0.3) is 5.65 Å². The third-order valence-electron chi connectivity index (χ3n) is 4.41. The van der Waals surface area contributed by atoms with Gasteiger partial charge in [0.15, 0.2) is 11.3 Å². The number of nitrogens with zero attached hydrogens (tertiary/aromatic N) is 3. The number of aromatic nitrogens is 3. The molecule has 2 aromatic heterocycles. The fourth-order valence-electron chi connectivity index (χ4n) is 2.89. The van der Waals surface area contributed by atoms with Gasteiger partial charge in [-0.2, -0.15) is 5.10 Å². The number of anilines is 3. The molecule has 0 bridgehead atoms. The lowest BCUT2D eigenvalue weighted by molar-refractivity contribution is 0.0687. The lowest BCUT2D eigenvalue weighted by Gasteiger charge is -2.11. The lowest BCUT2D eigenvalue weighted by Crippen LogP contribution is -2.36. The van der Waals surface area contributed by atoms with Crippen molar-refractivity contribution in [1.82, 2.24) is 19.9 Å². The zero-order valence-electron chi connectivity index (χ0n) is 15.2. The minimum atomic E-state index is -1.24. The lowest BCUT2D eigenvalue weighted by atomic mass is 10.1. The highest BCUT2D eigenvalue weighted by Gasteiger charge is 2.18. The summed E-state index contributed by atoms with van der Waals surface area (Å²) in [6.07, 6.45) is 1.39. The first-order chi connectivity index (χ1) is 14.3. The Bertz CT molecular complexity index is 1380. The smallest absolute Gasteiger partial charge is 0.354 e. The number of hydrogen-bond donors (Lipinski definition) is 4. The summed E-state index contributed by atoms with van der Waals surface area (Å²) in [5.41, 5.74) is 5.23. The van der Waals surface area contributed by atoms with E-state index >= 15 is 0 Å². The number of hydrogen-bond acceptors (Lipinski definition) is 8. The highest BCUT2D eigenvalue weighted by atomic mass is 16.4. The van der Waals surface area contributed by atoms with Gasteiger partial charge in [0.1, 0.15) is 17.1 Å². The molecule has 0 fully saturated rings. The molecule has 30 heavy (non-hydrogen) atoms. The van der Waals surface area contributed by atoms with Gasteiger partial charge in [0.2, 0.25) is 0 Å². The minimum Gasteiger partial charge on any atom is -0.477 e. The number of nitrogens with one attached hydrogen (secondary N) is 2. The van der Waals surface area contributed by atoms with Crippen molar-refractivity contribution in [3.63, 3.8) is 0 Å². The number of fused-ring (bicyclic) bond motifs is 1. The van der Waals surface area contributed by atoms with Gasteiger partial charge in [-0.05, 0) is 17.7 Å². The van der Waals surface area contributed by atoms with Crippen LogP contribution < -0.4 is 27.2 Å². The Morgan fingerprint density at radius 2 is 1.93 bits per heavy atom. The highest BCUT2D eigenvalue weighted by Crippen LogP contribution is 2.19. The van der Waals surface area contributed by atoms with Crippen LogP contribution in [0, 0.1) is 0 Å². The predicted octanol–water partition coefficient (Wildman–Crippen LogP) is 0.279. The van der Waals surface area contributed by atoms with Crippen molar-refractivity contribution < 1.29 is 14.7 Å². The Kier molecular flexibility index (Phi) is 4.47. The number of rotatable bonds is 6. The molecule has 150 valence electrons. The second kappa shape index (κ2) is 7.13. The van der Waals surface area contributed by atoms with Crippen LogP contribution in [0.1, 0.15) is 26.5 Å². The van der Waals surface area contributed by atoms with Gasteiger partial charge in [0, 0.05) is 24.4 Å². The number of nitrogen functional groups attached to an aromatic ring is 1. The van der Waals surface area contributed by atoms with E-state index in [1.807, 2.05) is 0 Å². The van der Waals surface area contributed by atoms with Crippen molar-refractivity contribution in [2.24, 2.45) is 0 Å². The van der Waals surface area contributed by atoms with Crippen molar-refractivity contribution in [3.05, 3.63) is 80.0 Å². The molecule has 1 amide bonds. The molecule has 0 aliphatic rings. The Morgan fingerprint density at radius 1 is 1.13 bits per heavy atom. The van der Waals surface area contributed by atoms with Gasteiger partial charge < -0.3 is 21.5 Å². The molecular weight excluding hydrogens is 392 g/mol. The quantitative estimate of drug-likeness (QED) is 0.329. The summed E-state index contributed by atoms with van der Waals surface area (Å²) in [6.45, 7) is 0.115. The van der Waals surface area contributed by atoms with E-state index < -0.39 is 22.7 Å². The Balaban J connectivity index is 1.49. The van der Waals surface area contributed by atoms with Crippen molar-refractivity contribution in [3.8, 4) is 0 Å². The van der Waals surface area contributed by atoms with Crippen LogP contribution in [0.2, 0.25) is 0 Å². The number of carboxylic acids is 1. The molecule has 0 atom stereocenters. The summed E-state index contributed by atoms with van der Waals surface area (Å²) in [5, 5.41) is 18.6. The van der Waals surface area contributed by atoms with Crippen LogP contribution in [-0.4, -0.2) is 31.6 Å². The topological polar surface area (TPSA) is 169 Å². The van der Waals surface area contributed by atoms with Crippen molar-refractivity contribution in [1.29, 1.82) is 0 Å². The standard InChI is InChI=1S/C19H14N6O5/c20-14-15(17(27)16(14)26)23-10-3-1-2-9(6-10)8-21-18(28)11-7-12(19(29)30)25-13(24-11)4-5-22-25/h1-7,23H,8,20H2,(H,21,28)(H,29,30). The molecule has 0 saturated carbocycles. The van der Waals surface area contributed by atoms with Crippen LogP contribution in [0.5, 0.6) is 0 Å². The summed E-state index contributed by atoms with van der Waals surface area (Å²) in [5.74, 6) is -1.80. The normalized spacial score (nSPS) is 10.9. The number of amides is 1. The van der Waals surface area contributed by atoms with Gasteiger partial charge in [-0.15, -0.1) is 0 Å². The summed E-state index contributed by atoms with van der Waals surface area (Å²) in [7, 11) is 0. The third kappa shape index (κ3) is 3.24. The fraction of sp³-hybridized carbons (Fsp3) is 0.0526. The number of carboxylic acid groups (broad SMARTS) is 1. The molecule has 0 aliphatic heterocycles. The molecule has 0 aliphatic carbocycles. The zero-order valence-corrected chi connectivity index (χ0v) is 15.2. The highest BCUT2D eigenvalue weighted by molar-refractivity contribution is 5.96. The molecule has 0 radical (unpaired) electrons. The van der Waals surface area contributed by atoms with Gasteiger partial charge in [-0.1, -0.05) is 12.1 Å². The second-order valence-electron chi connectivity index (χ2n) is 6.39. The largest absolute Gasteiger partial charge is 0.477 e. The van der Waals surface area contributed by atoms with Crippen LogP contribution in [0.4, 0.5) is 17.1 Å². The van der Waals surface area contributed by atoms with E-state index in [4.69, 9.17) is 5.73 Å². The monoisotopic (exact) mass is 406 g/mol. The van der Waals surface area contributed by atoms with Crippen LogP contribution in [0.15, 0.2) is 52.2 Å². The van der Waals surface area contributed by atoms with E-state index in [2.05, 4.69) is 20.7 Å². The minimum absolute atomic E-state index is 0.0423. The van der Waals surface area contributed by atoms with E-state index in [0.717, 1.165) is 10.6 Å². The van der Waals surface area contributed by atoms with Crippen LogP contribution in [-0.2, 0) is 6.54 Å². The van der Waals surface area contributed by atoms with Gasteiger partial charge >= 0.3 is 5.97 Å². The van der Waals surface area contributed by atoms with Gasteiger partial charge in [-0.3, -0.25) is 14.4 Å². The Labute approximate surface area is 167 Å². The van der Waals surface area contributed by atoms with Crippen LogP contribution >= 0.6 is 0 Å². The Morgan fingerprint density at radius 3 is 2.67 bits per heavy atom. The summed E-state index contributed by atoms with van der Waals surface area (Å²) in [6, 6.07) is 9.43. The Hall–Kier alpha value is -4.54. The number of aromatic carboxylic acids is 1. The van der Waals surface area contributed by atoms with Gasteiger partial charge in [0.25, 0.3) is 16.8 Å². The number of nitrogens with two attached hydrogens (primary N) is 1. The molecule has 0 saturated heterocycles. The van der Waals surface area contributed by atoms with Crippen molar-refractivity contribution in [2.45, 2.75) is 6.54 Å². The molecule has 4 aromatic rings. The summed E-state index contributed by atoms with van der Waals surface area (Å²) in [4.78, 5) is 50.7. The van der Waals surface area contributed by atoms with E-state index in [0.29, 0.717) is 11.3 Å². The summed E-state index contributed by atoms with van der Waals surface area (Å²) >= 11 is 0. The zero-order chi connectivity index (χ0) is 21.4. The van der Waals surface area contributed by atoms with E-state index in [1.54, 1.807) is 24.3 Å². The number of carbonyl (C=O) groups excluding carboxylic acids is 1. The van der Waals surface area contributed by atoms with Crippen molar-refractivity contribution >= 4 is 34.6 Å². The second-order valence-corrected chi connectivity index (χ2v) is 6.39. The predicted molar refractivity (Wildman–Crippen MR) is 107 cm³/mol. The maximum absolute atomic E-state index is 12.5. The molecule has 2 aromatic carbocycles. The summed E-state index contributed by atoms with van der Waals surface area (Å²) < 4.78 is 1.13. The maximum atomic E-state index is 12.5. The van der Waals surface area contributed by atoms with Gasteiger partial charge in [0.05, 0.1) is 6.20 Å². The molecule has 11 heteroatoms. The molecule has 2 heterocycles. The first-order valence-corrected chi connectivity index (χ1v) is 8.66. The average molecular weight is 406 g/mol. The average Bonchev–Trinajstić information content (AvgIpc) is 3.23. The molecule has 0 unspecified atom stereocenters. The number of carbonyl (C=O) groups is 2. The van der Waals surface area contributed by atoms with Crippen molar-refractivity contribution in [2.75, 3.05) is 11.1 Å². The first-order valence-electron chi connectivity index (χ1n) is 8.66. The van der Waals surface area contributed by atoms with E-state index in [9.17, 15) is 24.3 Å². The van der Waals surface area contributed by atoms with E-state index in [-0.39, 0.29) is 35.0 Å². The molecule has 5 N–H and O–H groups in total. The molecular formula is C19H14N6O5. The molecule has 0 spiro atoms. The molecule has 11 nitrogen and oxygen atoms in total. The molecule has 4 rings (SSSR count). The maximum Gasteiger partial charge on any atom is 0.354 e. The van der Waals surface area contributed by atoms with Crippen LogP contribution in [0.3, 0.4) is 0 Å². The van der Waals surface area contributed by atoms with Gasteiger partial charge in [-0.25, -0.2) is 14.3 Å². The fourth-order valence-corrected chi connectivity index (χ4v) is 2.89. The third-order valence-corrected chi connectivity index (χ3v) is 4.41. The SMILES string of the molecule is Nc1c(Nc2cccc(CNC(=O)c3cc(C(=O)O)n4nccc4n3)c2)c(=O)c1=O. The van der Waals surface area contributed by atoms with E-state index in [1.165, 1.54) is 12.3 Å².